The smallest absolute Gasteiger partial charge is 0.171 e. The van der Waals surface area contributed by atoms with Crippen molar-refractivity contribution in [2.45, 2.75) is 6.92 Å². The molecule has 1 rings (SSSR count). The van der Waals surface area contributed by atoms with Crippen LogP contribution in [0.3, 0.4) is 0 Å². The third-order valence-electron chi connectivity index (χ3n) is 1.29. The van der Waals surface area contributed by atoms with Crippen molar-refractivity contribution < 1.29 is 4.79 Å². The Labute approximate surface area is 77.7 Å². The van der Waals surface area contributed by atoms with Crippen molar-refractivity contribution in [3.63, 3.8) is 0 Å². The van der Waals surface area contributed by atoms with Crippen LogP contribution in [-0.2, 0) is 0 Å². The molecule has 0 aliphatic heterocycles. The minimum atomic E-state index is 0.102. The zero-order valence-corrected chi connectivity index (χ0v) is 8.67. The number of carbonyl (C=O) groups excluding carboxylic acids is 1. The molecule has 1 N–H and O–H groups in total. The van der Waals surface area contributed by atoms with Crippen molar-refractivity contribution in [2.24, 2.45) is 0 Å². The summed E-state index contributed by atoms with van der Waals surface area (Å²) in [5.74, 6) is 0.102. The lowest BCUT2D eigenvalue weighted by molar-refractivity contribution is 0.102. The van der Waals surface area contributed by atoms with Gasteiger partial charge < -0.3 is 5.32 Å². The van der Waals surface area contributed by atoms with E-state index in [2.05, 4.69) is 21.2 Å². The Morgan fingerprint density at radius 3 is 2.73 bits per heavy atom. The summed E-state index contributed by atoms with van der Waals surface area (Å²) in [5, 5.41) is 2.96. The highest BCUT2D eigenvalue weighted by Gasteiger charge is 2.09. The van der Waals surface area contributed by atoms with Gasteiger partial charge in [0.2, 0.25) is 0 Å². The first-order valence-corrected chi connectivity index (χ1v) is 4.74. The van der Waals surface area contributed by atoms with Gasteiger partial charge >= 0.3 is 0 Å². The molecule has 0 unspecified atom stereocenters. The fraction of sp³-hybridized carbons (Fsp3) is 0.286. The number of hydrogen-bond donors (Lipinski definition) is 1. The number of rotatable bonds is 2. The van der Waals surface area contributed by atoms with E-state index in [-0.39, 0.29) is 5.78 Å². The van der Waals surface area contributed by atoms with Crippen molar-refractivity contribution in [3.05, 3.63) is 14.7 Å². The number of thiophene rings is 1. The minimum Gasteiger partial charge on any atom is -0.387 e. The molecular formula is C7H8BrNOS. The summed E-state index contributed by atoms with van der Waals surface area (Å²) >= 11 is 4.77. The topological polar surface area (TPSA) is 29.1 Å². The van der Waals surface area contributed by atoms with Gasteiger partial charge in [0.15, 0.2) is 5.78 Å². The molecule has 0 spiro atoms. The number of anilines is 1. The van der Waals surface area contributed by atoms with E-state index in [1.54, 1.807) is 14.0 Å². The van der Waals surface area contributed by atoms with Crippen LogP contribution in [0.5, 0.6) is 0 Å². The van der Waals surface area contributed by atoms with Crippen LogP contribution in [0, 0.1) is 0 Å². The van der Waals surface area contributed by atoms with Crippen molar-refractivity contribution in [3.8, 4) is 0 Å². The van der Waals surface area contributed by atoms with Crippen molar-refractivity contribution in [2.75, 3.05) is 12.4 Å². The molecule has 0 fully saturated rings. The number of nitrogens with one attached hydrogen (secondary N) is 1. The molecule has 0 saturated carbocycles. The van der Waals surface area contributed by atoms with E-state index in [4.69, 9.17) is 0 Å². The van der Waals surface area contributed by atoms with Gasteiger partial charge in [-0.2, -0.15) is 0 Å². The maximum atomic E-state index is 11.0. The molecule has 0 aromatic carbocycles. The van der Waals surface area contributed by atoms with Crippen LogP contribution < -0.4 is 5.32 Å². The highest BCUT2D eigenvalue weighted by atomic mass is 79.9. The third kappa shape index (κ3) is 1.81. The van der Waals surface area contributed by atoms with E-state index in [1.165, 1.54) is 11.3 Å². The number of hydrogen-bond acceptors (Lipinski definition) is 3. The second-order valence-corrected chi connectivity index (χ2v) is 4.53. The van der Waals surface area contributed by atoms with E-state index in [0.717, 1.165) is 14.4 Å². The molecule has 0 aliphatic carbocycles. The molecule has 0 saturated heterocycles. The molecule has 0 bridgehead atoms. The Morgan fingerprint density at radius 2 is 2.36 bits per heavy atom. The summed E-state index contributed by atoms with van der Waals surface area (Å²) in [4.78, 5) is 11.8. The van der Waals surface area contributed by atoms with E-state index in [0.29, 0.717) is 0 Å². The fourth-order valence-corrected chi connectivity index (χ4v) is 2.31. The number of ketones is 1. The van der Waals surface area contributed by atoms with Gasteiger partial charge in [-0.3, -0.25) is 4.79 Å². The zero-order chi connectivity index (χ0) is 8.43. The quantitative estimate of drug-likeness (QED) is 0.797. The van der Waals surface area contributed by atoms with E-state index < -0.39 is 0 Å². The summed E-state index contributed by atoms with van der Waals surface area (Å²) < 4.78 is 0.979. The van der Waals surface area contributed by atoms with E-state index >= 15 is 0 Å². The third-order valence-corrected chi connectivity index (χ3v) is 3.03. The number of Topliss-reactive ketones (excluding diaryl/α,β-unsaturated/α-hetero) is 1. The summed E-state index contributed by atoms with van der Waals surface area (Å²) in [6.45, 7) is 1.57. The van der Waals surface area contributed by atoms with Crippen molar-refractivity contribution in [1.29, 1.82) is 0 Å². The lowest BCUT2D eigenvalue weighted by atomic mass is 10.3. The van der Waals surface area contributed by atoms with Crippen LogP contribution in [0.1, 0.15) is 16.6 Å². The Morgan fingerprint density at radius 1 is 1.73 bits per heavy atom. The van der Waals surface area contributed by atoms with Gasteiger partial charge in [-0.1, -0.05) is 0 Å². The first-order chi connectivity index (χ1) is 5.15. The van der Waals surface area contributed by atoms with Crippen molar-refractivity contribution in [1.82, 2.24) is 0 Å². The SMILES string of the molecule is CNc1cc(Br)sc1C(C)=O. The van der Waals surface area contributed by atoms with E-state index in [9.17, 15) is 4.79 Å². The van der Waals surface area contributed by atoms with Gasteiger partial charge in [-0.15, -0.1) is 11.3 Å². The molecule has 0 radical (unpaired) electrons. The normalized spacial score (nSPS) is 9.73. The molecule has 11 heavy (non-hydrogen) atoms. The molecule has 0 amide bonds. The molecule has 4 heteroatoms. The van der Waals surface area contributed by atoms with Crippen LogP contribution in [0.15, 0.2) is 9.85 Å². The van der Waals surface area contributed by atoms with Crippen LogP contribution >= 0.6 is 27.3 Å². The Balaban J connectivity index is 3.12. The summed E-state index contributed by atoms with van der Waals surface area (Å²) in [7, 11) is 1.81. The van der Waals surface area contributed by atoms with Gasteiger partial charge in [-0.25, -0.2) is 0 Å². The molecule has 1 heterocycles. The second-order valence-electron chi connectivity index (χ2n) is 2.10. The molecule has 1 aromatic heterocycles. The predicted octanol–water partition coefficient (Wildman–Crippen LogP) is 2.75. The fourth-order valence-electron chi connectivity index (χ4n) is 0.808. The Bertz CT molecular complexity index is 282. The molecule has 60 valence electrons. The van der Waals surface area contributed by atoms with Crippen LogP contribution in [0.4, 0.5) is 5.69 Å². The largest absolute Gasteiger partial charge is 0.387 e. The average molecular weight is 234 g/mol. The first kappa shape index (κ1) is 8.74. The van der Waals surface area contributed by atoms with Crippen LogP contribution in [-0.4, -0.2) is 12.8 Å². The molecule has 0 aliphatic rings. The van der Waals surface area contributed by atoms with Crippen LogP contribution in [0.2, 0.25) is 0 Å². The van der Waals surface area contributed by atoms with Gasteiger partial charge in [0, 0.05) is 14.0 Å². The van der Waals surface area contributed by atoms with Gasteiger partial charge in [0.25, 0.3) is 0 Å². The highest BCUT2D eigenvalue weighted by Crippen LogP contribution is 2.30. The van der Waals surface area contributed by atoms with Crippen molar-refractivity contribution >= 4 is 38.7 Å². The molecule has 0 atom stereocenters. The molecular weight excluding hydrogens is 226 g/mol. The molecule has 1 aromatic rings. The number of carbonyl (C=O) groups is 1. The second kappa shape index (κ2) is 3.36. The zero-order valence-electron chi connectivity index (χ0n) is 6.27. The number of halogens is 1. The van der Waals surface area contributed by atoms with Crippen LogP contribution in [0.25, 0.3) is 0 Å². The van der Waals surface area contributed by atoms with Gasteiger partial charge in [-0.05, 0) is 22.0 Å². The van der Waals surface area contributed by atoms with Gasteiger partial charge in [0.1, 0.15) is 0 Å². The standard InChI is InChI=1S/C7H8BrNOS/c1-4(10)7-5(9-2)3-6(8)11-7/h3,9H,1-2H3. The summed E-state index contributed by atoms with van der Waals surface area (Å²) in [6.07, 6.45) is 0. The first-order valence-electron chi connectivity index (χ1n) is 3.13. The summed E-state index contributed by atoms with van der Waals surface area (Å²) in [6, 6.07) is 1.90. The highest BCUT2D eigenvalue weighted by molar-refractivity contribution is 9.11. The average Bonchev–Trinajstić information content (AvgIpc) is 2.30. The summed E-state index contributed by atoms with van der Waals surface area (Å²) in [5.41, 5.74) is 0.898. The monoisotopic (exact) mass is 233 g/mol. The van der Waals surface area contributed by atoms with E-state index in [1.807, 2.05) is 6.07 Å². The lowest BCUT2D eigenvalue weighted by Crippen LogP contribution is -1.94. The Kier molecular flexibility index (Phi) is 2.67. The van der Waals surface area contributed by atoms with Gasteiger partial charge in [0.05, 0.1) is 14.4 Å². The maximum Gasteiger partial charge on any atom is 0.171 e. The maximum absolute atomic E-state index is 11.0. The minimum absolute atomic E-state index is 0.102. The molecule has 2 nitrogen and oxygen atoms in total. The Hall–Kier alpha value is -0.350. The lowest BCUT2D eigenvalue weighted by Gasteiger charge is -1.95. The predicted molar refractivity (Wildman–Crippen MR) is 51.6 cm³/mol.